The van der Waals surface area contributed by atoms with E-state index in [4.69, 9.17) is 0 Å². The molecule has 2 N–H and O–H groups in total. The average molecular weight is 261 g/mol. The van der Waals surface area contributed by atoms with Gasteiger partial charge >= 0.3 is 0 Å². The highest BCUT2D eigenvalue weighted by atomic mass is 16.2. The van der Waals surface area contributed by atoms with Crippen molar-refractivity contribution in [3.8, 4) is 0 Å². The van der Waals surface area contributed by atoms with E-state index in [1.807, 2.05) is 18.2 Å². The molecule has 1 aliphatic rings. The minimum Gasteiger partial charge on any atom is -0.354 e. The van der Waals surface area contributed by atoms with Crippen LogP contribution in [0.25, 0.3) is 0 Å². The smallest absolute Gasteiger partial charge is 0.251 e. The molecule has 0 unspecified atom stereocenters. The summed E-state index contributed by atoms with van der Waals surface area (Å²) >= 11 is 0. The van der Waals surface area contributed by atoms with Crippen molar-refractivity contribution in [2.75, 3.05) is 32.7 Å². The summed E-state index contributed by atoms with van der Waals surface area (Å²) in [5, 5.41) is 5.68. The van der Waals surface area contributed by atoms with Crippen molar-refractivity contribution in [3.05, 3.63) is 35.9 Å². The number of carbonyl (C=O) groups excluding carboxylic acids is 2. The quantitative estimate of drug-likeness (QED) is 0.746. The summed E-state index contributed by atoms with van der Waals surface area (Å²) in [6, 6.07) is 9.18. The molecule has 1 saturated heterocycles. The van der Waals surface area contributed by atoms with Crippen LogP contribution in [0, 0.1) is 0 Å². The topological polar surface area (TPSA) is 61.4 Å². The highest BCUT2D eigenvalue weighted by molar-refractivity contribution is 5.94. The number of carbonyl (C=O) groups is 2. The molecule has 102 valence electrons. The van der Waals surface area contributed by atoms with E-state index in [1.54, 1.807) is 12.1 Å². The van der Waals surface area contributed by atoms with E-state index in [9.17, 15) is 9.59 Å². The molecule has 0 radical (unpaired) electrons. The van der Waals surface area contributed by atoms with Gasteiger partial charge in [0.05, 0.1) is 6.54 Å². The number of hydrogen-bond acceptors (Lipinski definition) is 3. The molecule has 5 heteroatoms. The first-order valence-corrected chi connectivity index (χ1v) is 6.58. The Morgan fingerprint density at radius 1 is 1.32 bits per heavy atom. The maximum Gasteiger partial charge on any atom is 0.251 e. The third-order valence-corrected chi connectivity index (χ3v) is 3.09. The van der Waals surface area contributed by atoms with Crippen molar-refractivity contribution in [2.45, 2.75) is 6.42 Å². The molecule has 0 aliphatic carbocycles. The van der Waals surface area contributed by atoms with Crippen LogP contribution < -0.4 is 10.6 Å². The largest absolute Gasteiger partial charge is 0.354 e. The lowest BCUT2D eigenvalue weighted by Gasteiger charge is -2.26. The first-order valence-electron chi connectivity index (χ1n) is 6.58. The van der Waals surface area contributed by atoms with Gasteiger partial charge in [0.2, 0.25) is 5.91 Å². The van der Waals surface area contributed by atoms with E-state index in [0.717, 1.165) is 26.1 Å². The number of amides is 2. The van der Waals surface area contributed by atoms with E-state index in [2.05, 4.69) is 15.5 Å². The molecule has 2 rings (SSSR count). The normalized spacial score (nSPS) is 15.9. The molecule has 1 heterocycles. The monoisotopic (exact) mass is 261 g/mol. The molecule has 5 nitrogen and oxygen atoms in total. The molecule has 1 aliphatic heterocycles. The van der Waals surface area contributed by atoms with Crippen LogP contribution in [0.4, 0.5) is 0 Å². The second-order valence-corrected chi connectivity index (χ2v) is 4.60. The molecule has 0 spiro atoms. The summed E-state index contributed by atoms with van der Waals surface area (Å²) in [6.45, 7) is 3.54. The summed E-state index contributed by atoms with van der Waals surface area (Å²) in [5.41, 5.74) is 0.680. The Balaban J connectivity index is 1.64. The van der Waals surface area contributed by atoms with Crippen LogP contribution in [0.5, 0.6) is 0 Å². The van der Waals surface area contributed by atoms with Gasteiger partial charge in [0.15, 0.2) is 0 Å². The third-order valence-electron chi connectivity index (χ3n) is 3.09. The second-order valence-electron chi connectivity index (χ2n) is 4.60. The van der Waals surface area contributed by atoms with Crippen LogP contribution in [-0.4, -0.2) is 49.4 Å². The van der Waals surface area contributed by atoms with E-state index < -0.39 is 0 Å². The van der Waals surface area contributed by atoms with Crippen LogP contribution in [0.1, 0.15) is 16.8 Å². The minimum absolute atomic E-state index is 0.0445. The minimum atomic E-state index is -0.0445. The zero-order valence-corrected chi connectivity index (χ0v) is 10.9. The Morgan fingerprint density at radius 2 is 2.11 bits per heavy atom. The summed E-state index contributed by atoms with van der Waals surface area (Å²) < 4.78 is 0. The van der Waals surface area contributed by atoms with Gasteiger partial charge in [-0.1, -0.05) is 18.2 Å². The molecular formula is C14H19N3O2. The number of nitrogens with zero attached hydrogens (tertiary/aromatic N) is 1. The highest BCUT2D eigenvalue weighted by Crippen LogP contribution is 1.98. The van der Waals surface area contributed by atoms with Crippen LogP contribution in [0.15, 0.2) is 30.3 Å². The first-order chi connectivity index (χ1) is 9.25. The zero-order valence-electron chi connectivity index (χ0n) is 10.9. The van der Waals surface area contributed by atoms with Gasteiger partial charge in [-0.05, 0) is 18.6 Å². The highest BCUT2D eigenvalue weighted by Gasteiger charge is 2.15. The fraction of sp³-hybridized carbons (Fsp3) is 0.429. The van der Waals surface area contributed by atoms with Crippen molar-refractivity contribution in [1.82, 2.24) is 15.5 Å². The van der Waals surface area contributed by atoms with Gasteiger partial charge in [-0.15, -0.1) is 0 Å². The molecule has 1 aromatic carbocycles. The van der Waals surface area contributed by atoms with Gasteiger partial charge in [-0.2, -0.15) is 0 Å². The van der Waals surface area contributed by atoms with E-state index in [-0.39, 0.29) is 11.8 Å². The third kappa shape index (κ3) is 4.37. The lowest BCUT2D eigenvalue weighted by atomic mass is 10.2. The molecule has 0 bridgehead atoms. The van der Waals surface area contributed by atoms with E-state index in [0.29, 0.717) is 18.7 Å². The Kier molecular flexibility index (Phi) is 4.92. The van der Waals surface area contributed by atoms with Crippen LogP contribution >= 0.6 is 0 Å². The fourth-order valence-corrected chi connectivity index (χ4v) is 2.08. The number of benzene rings is 1. The molecule has 0 saturated carbocycles. The fourth-order valence-electron chi connectivity index (χ4n) is 2.08. The molecular weight excluding hydrogens is 242 g/mol. The van der Waals surface area contributed by atoms with Gasteiger partial charge < -0.3 is 10.6 Å². The van der Waals surface area contributed by atoms with Gasteiger partial charge in [-0.25, -0.2) is 0 Å². The zero-order chi connectivity index (χ0) is 13.5. The Hall–Kier alpha value is -1.88. The van der Waals surface area contributed by atoms with Gasteiger partial charge in [0.25, 0.3) is 5.91 Å². The Labute approximate surface area is 113 Å². The molecule has 0 atom stereocenters. The summed E-state index contributed by atoms with van der Waals surface area (Å²) in [6.07, 6.45) is 0.853. The van der Waals surface area contributed by atoms with Crippen LogP contribution in [0.2, 0.25) is 0 Å². The lowest BCUT2D eigenvalue weighted by molar-refractivity contribution is -0.124. The van der Waals surface area contributed by atoms with Crippen molar-refractivity contribution in [3.63, 3.8) is 0 Å². The van der Waals surface area contributed by atoms with Gasteiger partial charge in [0, 0.05) is 31.7 Å². The van der Waals surface area contributed by atoms with E-state index in [1.165, 1.54) is 0 Å². The van der Waals surface area contributed by atoms with Gasteiger partial charge in [0.1, 0.15) is 0 Å². The maximum absolute atomic E-state index is 11.8. The van der Waals surface area contributed by atoms with Crippen molar-refractivity contribution in [2.24, 2.45) is 0 Å². The molecule has 19 heavy (non-hydrogen) atoms. The van der Waals surface area contributed by atoms with Crippen molar-refractivity contribution >= 4 is 11.8 Å². The maximum atomic E-state index is 11.8. The molecule has 2 amide bonds. The second kappa shape index (κ2) is 6.89. The average Bonchev–Trinajstić information content (AvgIpc) is 2.44. The standard InChI is InChI=1S/C14H19N3O2/c18-13-11-17(10-8-15-13)9-4-7-16-14(19)12-5-2-1-3-6-12/h1-3,5-6H,4,7-11H2,(H,15,18)(H,16,19). The first kappa shape index (κ1) is 13.5. The number of rotatable bonds is 5. The molecule has 0 aromatic heterocycles. The van der Waals surface area contributed by atoms with Crippen molar-refractivity contribution in [1.29, 1.82) is 0 Å². The summed E-state index contributed by atoms with van der Waals surface area (Å²) in [4.78, 5) is 25.0. The van der Waals surface area contributed by atoms with Gasteiger partial charge in [-0.3, -0.25) is 14.5 Å². The Morgan fingerprint density at radius 3 is 2.84 bits per heavy atom. The van der Waals surface area contributed by atoms with Crippen molar-refractivity contribution < 1.29 is 9.59 Å². The van der Waals surface area contributed by atoms with Crippen LogP contribution in [-0.2, 0) is 4.79 Å². The number of nitrogens with one attached hydrogen (secondary N) is 2. The van der Waals surface area contributed by atoms with E-state index >= 15 is 0 Å². The number of piperazine rings is 1. The molecule has 1 aromatic rings. The summed E-state index contributed by atoms with van der Waals surface area (Å²) in [5.74, 6) is 0.0385. The Bertz CT molecular complexity index is 434. The predicted molar refractivity (Wildman–Crippen MR) is 72.8 cm³/mol. The molecule has 1 fully saturated rings. The van der Waals surface area contributed by atoms with Crippen LogP contribution in [0.3, 0.4) is 0 Å². The number of hydrogen-bond donors (Lipinski definition) is 2. The SMILES string of the molecule is O=C1CN(CCCNC(=O)c2ccccc2)CCN1. The summed E-state index contributed by atoms with van der Waals surface area (Å²) in [7, 11) is 0. The predicted octanol–water partition coefficient (Wildman–Crippen LogP) is 0.238. The lowest BCUT2D eigenvalue weighted by Crippen LogP contribution is -2.48.